The molecule has 0 aromatic carbocycles. The van der Waals surface area contributed by atoms with Crippen LogP contribution in [0.2, 0.25) is 0 Å². The molecular weight excluding hydrogens is 206 g/mol. The van der Waals surface area contributed by atoms with Crippen molar-refractivity contribution in [3.05, 3.63) is 0 Å². The summed E-state index contributed by atoms with van der Waals surface area (Å²) in [5.74, 6) is 0. The molecule has 0 fully saturated rings. The number of hydrogen-bond donors (Lipinski definition) is 2. The molecule has 0 saturated carbocycles. The predicted octanol–water partition coefficient (Wildman–Crippen LogP) is -0.220. The number of nitrogens with zero attached hydrogens (tertiary/aromatic N) is 1. The van der Waals surface area contributed by atoms with Crippen molar-refractivity contribution < 1.29 is 18.6 Å². The van der Waals surface area contributed by atoms with Crippen molar-refractivity contribution in [2.75, 3.05) is 46.9 Å². The van der Waals surface area contributed by atoms with E-state index in [1.54, 1.807) is 14.2 Å². The van der Waals surface area contributed by atoms with Crippen molar-refractivity contribution in [1.82, 2.24) is 10.2 Å². The topological polar surface area (TPSA) is 44.7 Å². The lowest BCUT2D eigenvalue weighted by Crippen LogP contribution is -2.39. The molecule has 0 amide bonds. The number of aliphatic hydroxyl groups excluding tert-OH is 1. The third kappa shape index (κ3) is 9.99. The Morgan fingerprint density at radius 2 is 2.07 bits per heavy atom. The molecule has 0 aliphatic heterocycles. The van der Waals surface area contributed by atoms with Crippen LogP contribution in [0.3, 0.4) is 0 Å². The minimum atomic E-state index is -2.36. The molecule has 0 rings (SSSR count). The predicted molar refractivity (Wildman–Crippen MR) is 54.3 cm³/mol. The van der Waals surface area contributed by atoms with E-state index in [4.69, 9.17) is 4.74 Å². The second-order valence-corrected chi connectivity index (χ2v) is 3.46. The van der Waals surface area contributed by atoms with E-state index in [2.05, 4.69) is 5.32 Å². The molecule has 0 aliphatic rings. The highest BCUT2D eigenvalue weighted by Crippen LogP contribution is 1.96. The van der Waals surface area contributed by atoms with Crippen LogP contribution in [0.5, 0.6) is 0 Å². The fourth-order valence-corrected chi connectivity index (χ4v) is 1.18. The Labute approximate surface area is 89.2 Å². The van der Waals surface area contributed by atoms with Gasteiger partial charge in [-0.25, -0.2) is 8.78 Å². The quantitative estimate of drug-likeness (QED) is 0.534. The first-order valence-corrected chi connectivity index (χ1v) is 4.90. The number of likely N-dealkylation sites (N-methyl/N-ethyl adjacent to an activating group) is 1. The molecule has 0 heterocycles. The van der Waals surface area contributed by atoms with Gasteiger partial charge in [-0.15, -0.1) is 0 Å². The average molecular weight is 226 g/mol. The zero-order chi connectivity index (χ0) is 11.7. The van der Waals surface area contributed by atoms with Gasteiger partial charge in [0.15, 0.2) is 0 Å². The van der Waals surface area contributed by atoms with Gasteiger partial charge in [-0.2, -0.15) is 0 Å². The number of alkyl halides is 2. The minimum absolute atomic E-state index is 0.240. The van der Waals surface area contributed by atoms with E-state index in [1.165, 1.54) is 4.90 Å². The summed E-state index contributed by atoms with van der Waals surface area (Å²) in [7, 11) is 3.15. The summed E-state index contributed by atoms with van der Waals surface area (Å²) in [6.07, 6.45) is -2.99. The van der Waals surface area contributed by atoms with E-state index in [-0.39, 0.29) is 13.1 Å². The SMILES string of the molecule is COCCNCC(O)CN(C)CC(F)F. The Balaban J connectivity index is 3.42. The van der Waals surface area contributed by atoms with Crippen molar-refractivity contribution in [2.45, 2.75) is 12.5 Å². The number of ether oxygens (including phenoxy) is 1. The lowest BCUT2D eigenvalue weighted by molar-refractivity contribution is 0.0674. The van der Waals surface area contributed by atoms with Crippen LogP contribution in [0.1, 0.15) is 0 Å². The maximum Gasteiger partial charge on any atom is 0.251 e. The molecule has 1 unspecified atom stereocenters. The van der Waals surface area contributed by atoms with E-state index in [9.17, 15) is 13.9 Å². The van der Waals surface area contributed by atoms with Crippen LogP contribution in [0, 0.1) is 0 Å². The molecule has 6 heteroatoms. The lowest BCUT2D eigenvalue weighted by Gasteiger charge is -2.20. The van der Waals surface area contributed by atoms with Crippen molar-refractivity contribution >= 4 is 0 Å². The third-order valence-corrected chi connectivity index (χ3v) is 1.84. The maximum atomic E-state index is 11.9. The highest BCUT2D eigenvalue weighted by Gasteiger charge is 2.11. The molecular formula is C9H20F2N2O2. The Bertz CT molecular complexity index is 150. The summed E-state index contributed by atoms with van der Waals surface area (Å²) in [5.41, 5.74) is 0. The zero-order valence-electron chi connectivity index (χ0n) is 9.25. The highest BCUT2D eigenvalue weighted by molar-refractivity contribution is 4.64. The van der Waals surface area contributed by atoms with Gasteiger partial charge < -0.3 is 15.2 Å². The number of methoxy groups -OCH3 is 1. The van der Waals surface area contributed by atoms with E-state index in [0.717, 1.165) is 0 Å². The van der Waals surface area contributed by atoms with Gasteiger partial charge >= 0.3 is 0 Å². The number of halogens is 2. The van der Waals surface area contributed by atoms with E-state index in [0.29, 0.717) is 19.7 Å². The van der Waals surface area contributed by atoms with E-state index >= 15 is 0 Å². The first kappa shape index (κ1) is 14.7. The van der Waals surface area contributed by atoms with Crippen LogP contribution in [0.25, 0.3) is 0 Å². The normalized spacial score (nSPS) is 13.8. The first-order valence-electron chi connectivity index (χ1n) is 4.90. The van der Waals surface area contributed by atoms with Gasteiger partial charge in [0.05, 0.1) is 19.3 Å². The van der Waals surface area contributed by atoms with Crippen LogP contribution in [0.15, 0.2) is 0 Å². The van der Waals surface area contributed by atoms with Crippen LogP contribution in [-0.4, -0.2) is 69.5 Å². The van der Waals surface area contributed by atoms with Crippen LogP contribution < -0.4 is 5.32 Å². The lowest BCUT2D eigenvalue weighted by atomic mass is 10.3. The summed E-state index contributed by atoms with van der Waals surface area (Å²) in [4.78, 5) is 1.41. The fraction of sp³-hybridized carbons (Fsp3) is 1.00. The van der Waals surface area contributed by atoms with Gasteiger partial charge in [-0.3, -0.25) is 4.90 Å². The summed E-state index contributed by atoms with van der Waals surface area (Å²) in [5, 5.41) is 12.4. The van der Waals surface area contributed by atoms with Gasteiger partial charge in [0.2, 0.25) is 0 Å². The summed E-state index contributed by atoms with van der Waals surface area (Å²) in [6, 6.07) is 0. The van der Waals surface area contributed by atoms with Crippen LogP contribution in [-0.2, 0) is 4.74 Å². The molecule has 15 heavy (non-hydrogen) atoms. The van der Waals surface area contributed by atoms with Crippen molar-refractivity contribution in [2.24, 2.45) is 0 Å². The molecule has 0 aliphatic carbocycles. The molecule has 4 nitrogen and oxygen atoms in total. The second-order valence-electron chi connectivity index (χ2n) is 3.46. The minimum Gasteiger partial charge on any atom is -0.390 e. The van der Waals surface area contributed by atoms with Gasteiger partial charge in [-0.1, -0.05) is 0 Å². The summed E-state index contributed by atoms with van der Waals surface area (Å²) < 4.78 is 28.7. The van der Waals surface area contributed by atoms with Crippen molar-refractivity contribution in [3.8, 4) is 0 Å². The molecule has 2 N–H and O–H groups in total. The molecule has 0 aromatic heterocycles. The molecule has 0 spiro atoms. The van der Waals surface area contributed by atoms with Crippen molar-refractivity contribution in [1.29, 1.82) is 0 Å². The number of hydrogen-bond acceptors (Lipinski definition) is 4. The molecule has 1 atom stereocenters. The van der Waals surface area contributed by atoms with Gasteiger partial charge in [0, 0.05) is 26.7 Å². The van der Waals surface area contributed by atoms with Crippen LogP contribution in [0.4, 0.5) is 8.78 Å². The molecule has 0 saturated heterocycles. The maximum absolute atomic E-state index is 11.9. The average Bonchev–Trinajstić information content (AvgIpc) is 2.10. The van der Waals surface area contributed by atoms with Crippen molar-refractivity contribution in [3.63, 3.8) is 0 Å². The monoisotopic (exact) mass is 226 g/mol. The molecule has 0 bridgehead atoms. The largest absolute Gasteiger partial charge is 0.390 e. The summed E-state index contributed by atoms with van der Waals surface area (Å²) in [6.45, 7) is 1.53. The Hall–Kier alpha value is -0.300. The highest BCUT2D eigenvalue weighted by atomic mass is 19.3. The van der Waals surface area contributed by atoms with Crippen LogP contribution >= 0.6 is 0 Å². The smallest absolute Gasteiger partial charge is 0.251 e. The second kappa shape index (κ2) is 8.96. The number of aliphatic hydroxyl groups is 1. The van der Waals surface area contributed by atoms with E-state index < -0.39 is 12.5 Å². The van der Waals surface area contributed by atoms with E-state index in [1.807, 2.05) is 0 Å². The van der Waals surface area contributed by atoms with Gasteiger partial charge in [0.1, 0.15) is 0 Å². The van der Waals surface area contributed by atoms with Gasteiger partial charge in [-0.05, 0) is 7.05 Å². The molecule has 0 aromatic rings. The molecule has 92 valence electrons. The Kier molecular flexibility index (Phi) is 8.79. The van der Waals surface area contributed by atoms with Gasteiger partial charge in [0.25, 0.3) is 6.43 Å². The fourth-order valence-electron chi connectivity index (χ4n) is 1.18. The number of rotatable bonds is 9. The standard InChI is InChI=1S/C9H20F2N2O2/c1-13(7-9(10)11)6-8(14)5-12-3-4-15-2/h8-9,12,14H,3-7H2,1-2H3. The number of nitrogens with one attached hydrogen (secondary N) is 1. The zero-order valence-corrected chi connectivity index (χ0v) is 9.25. The Morgan fingerprint density at radius 3 is 2.60 bits per heavy atom. The summed E-state index contributed by atoms with van der Waals surface area (Å²) >= 11 is 0. The third-order valence-electron chi connectivity index (χ3n) is 1.84. The molecule has 0 radical (unpaired) electrons. The Morgan fingerprint density at radius 1 is 1.40 bits per heavy atom. The first-order chi connectivity index (χ1) is 7.06.